The first-order valence-corrected chi connectivity index (χ1v) is 10.1. The molecular weight excluding hydrogens is 385 g/mol. The SMILES string of the molecule is CN=C(NCc1ccc(N2CCOCC2)cc1C(F)(F)F)NC1CC2CCC1O2. The fraction of sp³-hybridized carbons (Fsp3) is 0.650. The van der Waals surface area contributed by atoms with E-state index in [1.807, 2.05) is 4.90 Å². The number of anilines is 1. The van der Waals surface area contributed by atoms with Crippen molar-refractivity contribution >= 4 is 11.6 Å². The Hall–Kier alpha value is -2.00. The number of morpholine rings is 1. The molecule has 3 saturated heterocycles. The number of nitrogens with zero attached hydrogens (tertiary/aromatic N) is 2. The van der Waals surface area contributed by atoms with Crippen LogP contribution in [0.1, 0.15) is 30.4 Å². The molecule has 29 heavy (non-hydrogen) atoms. The summed E-state index contributed by atoms with van der Waals surface area (Å²) >= 11 is 0. The molecule has 0 amide bonds. The molecular formula is C20H27F3N4O2. The van der Waals surface area contributed by atoms with Crippen molar-refractivity contribution in [2.24, 2.45) is 4.99 Å². The highest BCUT2D eigenvalue weighted by Crippen LogP contribution is 2.35. The maximum Gasteiger partial charge on any atom is 0.416 e. The first-order valence-electron chi connectivity index (χ1n) is 10.1. The maximum atomic E-state index is 13.7. The van der Waals surface area contributed by atoms with Gasteiger partial charge in [-0.3, -0.25) is 4.99 Å². The van der Waals surface area contributed by atoms with E-state index in [1.54, 1.807) is 19.2 Å². The maximum absolute atomic E-state index is 13.7. The summed E-state index contributed by atoms with van der Waals surface area (Å²) < 4.78 is 52.2. The highest BCUT2D eigenvalue weighted by molar-refractivity contribution is 5.80. The molecule has 0 saturated carbocycles. The zero-order valence-electron chi connectivity index (χ0n) is 16.5. The summed E-state index contributed by atoms with van der Waals surface area (Å²) in [6.45, 7) is 2.28. The average molecular weight is 412 g/mol. The van der Waals surface area contributed by atoms with Crippen LogP contribution < -0.4 is 15.5 Å². The van der Waals surface area contributed by atoms with Crippen LogP contribution in [0.4, 0.5) is 18.9 Å². The van der Waals surface area contributed by atoms with Gasteiger partial charge < -0.3 is 25.0 Å². The van der Waals surface area contributed by atoms with Gasteiger partial charge in [0.1, 0.15) is 0 Å². The number of nitrogens with one attached hydrogen (secondary N) is 2. The molecule has 3 aliphatic rings. The van der Waals surface area contributed by atoms with Gasteiger partial charge in [0.2, 0.25) is 0 Å². The van der Waals surface area contributed by atoms with Gasteiger partial charge in [-0.25, -0.2) is 0 Å². The van der Waals surface area contributed by atoms with E-state index < -0.39 is 11.7 Å². The standard InChI is InChI=1S/C20H27F3N4O2/c1-24-19(26-17-11-15-4-5-18(17)29-15)25-12-13-2-3-14(10-16(13)20(21,22)23)27-6-8-28-9-7-27/h2-3,10,15,17-18H,4-9,11-12H2,1H3,(H2,24,25,26). The second-order valence-corrected chi connectivity index (χ2v) is 7.72. The number of alkyl halides is 3. The van der Waals surface area contributed by atoms with Crippen molar-refractivity contribution in [3.05, 3.63) is 29.3 Å². The van der Waals surface area contributed by atoms with Gasteiger partial charge >= 0.3 is 6.18 Å². The summed E-state index contributed by atoms with van der Waals surface area (Å²) in [6, 6.07) is 4.69. The molecule has 0 radical (unpaired) electrons. The Labute approximate surface area is 168 Å². The fourth-order valence-corrected chi connectivity index (χ4v) is 4.34. The highest BCUT2D eigenvalue weighted by atomic mass is 19.4. The Morgan fingerprint density at radius 1 is 1.24 bits per heavy atom. The van der Waals surface area contributed by atoms with Gasteiger partial charge in [-0.15, -0.1) is 0 Å². The van der Waals surface area contributed by atoms with E-state index in [-0.39, 0.29) is 24.3 Å². The molecule has 4 rings (SSSR count). The molecule has 0 aromatic heterocycles. The monoisotopic (exact) mass is 412 g/mol. The highest BCUT2D eigenvalue weighted by Gasteiger charge is 2.41. The Balaban J connectivity index is 1.44. The largest absolute Gasteiger partial charge is 0.416 e. The average Bonchev–Trinajstić information content (AvgIpc) is 3.34. The van der Waals surface area contributed by atoms with Crippen LogP contribution in [0.25, 0.3) is 0 Å². The van der Waals surface area contributed by atoms with Crippen molar-refractivity contribution < 1.29 is 22.6 Å². The van der Waals surface area contributed by atoms with Gasteiger partial charge in [0.25, 0.3) is 0 Å². The number of rotatable bonds is 4. The zero-order chi connectivity index (χ0) is 20.4. The van der Waals surface area contributed by atoms with Crippen LogP contribution in [0, 0.1) is 0 Å². The molecule has 1 aromatic carbocycles. The number of halogens is 3. The van der Waals surface area contributed by atoms with Gasteiger partial charge in [-0.05, 0) is 37.0 Å². The Kier molecular flexibility index (Phi) is 5.87. The van der Waals surface area contributed by atoms with Crippen molar-refractivity contribution in [3.63, 3.8) is 0 Å². The first kappa shape index (κ1) is 20.3. The minimum Gasteiger partial charge on any atom is -0.378 e. The molecule has 160 valence electrons. The van der Waals surface area contributed by atoms with Crippen LogP contribution in [-0.4, -0.2) is 57.6 Å². The number of fused-ring (bicyclic) bond motifs is 2. The minimum absolute atomic E-state index is 0.0413. The molecule has 2 bridgehead atoms. The molecule has 3 fully saturated rings. The van der Waals surface area contributed by atoms with Gasteiger partial charge in [-0.2, -0.15) is 13.2 Å². The summed E-state index contributed by atoms with van der Waals surface area (Å²) in [5.41, 5.74) is 0.153. The molecule has 9 heteroatoms. The Bertz CT molecular complexity index is 750. The summed E-state index contributed by atoms with van der Waals surface area (Å²) in [4.78, 5) is 6.09. The van der Waals surface area contributed by atoms with Crippen molar-refractivity contribution in [2.75, 3.05) is 38.3 Å². The number of hydrogen-bond donors (Lipinski definition) is 2. The van der Waals surface area contributed by atoms with Crippen molar-refractivity contribution in [2.45, 2.75) is 50.2 Å². The van der Waals surface area contributed by atoms with E-state index in [2.05, 4.69) is 15.6 Å². The smallest absolute Gasteiger partial charge is 0.378 e. The van der Waals surface area contributed by atoms with Crippen molar-refractivity contribution in [3.8, 4) is 0 Å². The lowest BCUT2D eigenvalue weighted by Gasteiger charge is -2.30. The predicted molar refractivity (Wildman–Crippen MR) is 104 cm³/mol. The lowest BCUT2D eigenvalue weighted by atomic mass is 9.96. The van der Waals surface area contributed by atoms with E-state index in [0.717, 1.165) is 19.3 Å². The Morgan fingerprint density at radius 2 is 2.03 bits per heavy atom. The van der Waals surface area contributed by atoms with E-state index in [9.17, 15) is 13.2 Å². The molecule has 0 aliphatic carbocycles. The Morgan fingerprint density at radius 3 is 2.66 bits per heavy atom. The quantitative estimate of drug-likeness (QED) is 0.588. The number of hydrogen-bond acceptors (Lipinski definition) is 4. The third-order valence-corrected chi connectivity index (χ3v) is 5.87. The van der Waals surface area contributed by atoms with Gasteiger partial charge in [-0.1, -0.05) is 6.07 Å². The third-order valence-electron chi connectivity index (χ3n) is 5.87. The van der Waals surface area contributed by atoms with Crippen LogP contribution in [0.15, 0.2) is 23.2 Å². The molecule has 3 aliphatic heterocycles. The van der Waals surface area contributed by atoms with Crippen LogP contribution in [0.5, 0.6) is 0 Å². The van der Waals surface area contributed by atoms with Crippen molar-refractivity contribution in [1.29, 1.82) is 0 Å². The van der Waals surface area contributed by atoms with E-state index in [0.29, 0.717) is 44.1 Å². The lowest BCUT2D eigenvalue weighted by molar-refractivity contribution is -0.138. The van der Waals surface area contributed by atoms with E-state index >= 15 is 0 Å². The molecule has 2 N–H and O–H groups in total. The molecule has 3 unspecified atom stereocenters. The molecule has 3 atom stereocenters. The summed E-state index contributed by atoms with van der Waals surface area (Å²) in [7, 11) is 1.62. The number of aliphatic imine (C=N–C) groups is 1. The van der Waals surface area contributed by atoms with Gasteiger partial charge in [0, 0.05) is 32.4 Å². The van der Waals surface area contributed by atoms with Gasteiger partial charge in [0.05, 0.1) is 37.0 Å². The molecule has 1 aromatic rings. The second kappa shape index (κ2) is 8.39. The number of benzene rings is 1. The third kappa shape index (κ3) is 4.61. The van der Waals surface area contributed by atoms with Crippen LogP contribution in [-0.2, 0) is 22.2 Å². The normalized spacial score (nSPS) is 27.4. The summed E-state index contributed by atoms with van der Waals surface area (Å²) in [5, 5.41) is 6.33. The zero-order valence-corrected chi connectivity index (χ0v) is 16.5. The summed E-state index contributed by atoms with van der Waals surface area (Å²) in [5.74, 6) is 0.497. The summed E-state index contributed by atoms with van der Waals surface area (Å²) in [6.07, 6.45) is -0.959. The topological polar surface area (TPSA) is 58.1 Å². The minimum atomic E-state index is -4.42. The van der Waals surface area contributed by atoms with Crippen LogP contribution >= 0.6 is 0 Å². The van der Waals surface area contributed by atoms with Gasteiger partial charge in [0.15, 0.2) is 5.96 Å². The second-order valence-electron chi connectivity index (χ2n) is 7.72. The molecule has 3 heterocycles. The fourth-order valence-electron chi connectivity index (χ4n) is 4.34. The molecule has 6 nitrogen and oxygen atoms in total. The van der Waals surface area contributed by atoms with E-state index in [1.165, 1.54) is 6.07 Å². The predicted octanol–water partition coefficient (Wildman–Crippen LogP) is 2.53. The van der Waals surface area contributed by atoms with Crippen LogP contribution in [0.2, 0.25) is 0 Å². The first-order chi connectivity index (χ1) is 13.9. The lowest BCUT2D eigenvalue weighted by Crippen LogP contribution is -2.47. The van der Waals surface area contributed by atoms with E-state index in [4.69, 9.17) is 9.47 Å². The number of guanidine groups is 1. The molecule has 0 spiro atoms. The number of ether oxygens (including phenoxy) is 2. The van der Waals surface area contributed by atoms with Crippen LogP contribution in [0.3, 0.4) is 0 Å². The van der Waals surface area contributed by atoms with Crippen molar-refractivity contribution in [1.82, 2.24) is 10.6 Å².